The summed E-state index contributed by atoms with van der Waals surface area (Å²) in [4.78, 5) is 21.4. The Morgan fingerprint density at radius 2 is 1.71 bits per heavy atom. The summed E-state index contributed by atoms with van der Waals surface area (Å²) < 4.78 is 5.29. The summed E-state index contributed by atoms with van der Waals surface area (Å²) in [5, 5.41) is 0. The number of fused-ring (bicyclic) bond motifs is 1. The number of benzene rings is 2. The summed E-state index contributed by atoms with van der Waals surface area (Å²) in [6.07, 6.45) is 5.54. The van der Waals surface area contributed by atoms with E-state index >= 15 is 0 Å². The molecule has 2 aliphatic rings. The van der Waals surface area contributed by atoms with Gasteiger partial charge in [0.05, 0.1) is 13.0 Å². The molecular formula is C30H37N3O2. The zero-order chi connectivity index (χ0) is 24.5. The normalized spacial score (nSPS) is 19.9. The molecule has 1 amide bonds. The fraction of sp³-hybridized carbons (Fsp3) is 0.400. The van der Waals surface area contributed by atoms with Gasteiger partial charge in [-0.25, -0.2) is 0 Å². The molecule has 184 valence electrons. The Labute approximate surface area is 209 Å². The van der Waals surface area contributed by atoms with Gasteiger partial charge in [0, 0.05) is 44.2 Å². The Hall–Kier alpha value is -3.02. The predicted octanol–water partition coefficient (Wildman–Crippen LogP) is 5.00. The van der Waals surface area contributed by atoms with Crippen LogP contribution in [0.2, 0.25) is 0 Å². The van der Waals surface area contributed by atoms with E-state index in [-0.39, 0.29) is 5.91 Å². The van der Waals surface area contributed by atoms with Gasteiger partial charge in [0.15, 0.2) is 0 Å². The number of ether oxygens (including phenoxy) is 1. The molecule has 0 N–H and O–H groups in total. The number of methoxy groups -OCH3 is 1. The van der Waals surface area contributed by atoms with Gasteiger partial charge in [-0.2, -0.15) is 0 Å². The second-order valence-corrected chi connectivity index (χ2v) is 9.46. The first-order valence-electron chi connectivity index (χ1n) is 12.7. The fourth-order valence-corrected chi connectivity index (χ4v) is 5.10. The molecule has 0 unspecified atom stereocenters. The van der Waals surface area contributed by atoms with Crippen LogP contribution in [0.3, 0.4) is 0 Å². The van der Waals surface area contributed by atoms with Gasteiger partial charge >= 0.3 is 0 Å². The molecule has 5 nitrogen and oxygen atoms in total. The maximum Gasteiger partial charge on any atom is 0.228 e. The van der Waals surface area contributed by atoms with Crippen LogP contribution in [0.25, 0.3) is 11.1 Å². The molecule has 2 atom stereocenters. The Kier molecular flexibility index (Phi) is 9.04. The molecule has 2 saturated heterocycles. The molecule has 0 spiro atoms. The molecule has 0 radical (unpaired) electrons. The number of pyridine rings is 1. The zero-order valence-electron chi connectivity index (χ0n) is 21.0. The highest BCUT2D eigenvalue weighted by atomic mass is 16.5. The minimum atomic E-state index is 0.204. The lowest BCUT2D eigenvalue weighted by molar-refractivity contribution is -0.134. The maximum atomic E-state index is 12.6. The largest absolute Gasteiger partial charge is 0.383 e. The van der Waals surface area contributed by atoms with Crippen LogP contribution < -0.4 is 0 Å². The highest BCUT2D eigenvalue weighted by molar-refractivity contribution is 5.78. The highest BCUT2D eigenvalue weighted by Crippen LogP contribution is 2.29. The molecule has 0 aliphatic carbocycles. The summed E-state index contributed by atoms with van der Waals surface area (Å²) in [5.41, 5.74) is 4.80. The lowest BCUT2D eigenvalue weighted by atomic mass is 9.91. The maximum absolute atomic E-state index is 12.6. The molecule has 5 heteroatoms. The van der Waals surface area contributed by atoms with Crippen LogP contribution in [0.15, 0.2) is 79.0 Å². The lowest BCUT2D eigenvalue weighted by Gasteiger charge is -2.51. The topological polar surface area (TPSA) is 45.7 Å². The van der Waals surface area contributed by atoms with Crippen LogP contribution in [-0.2, 0) is 16.0 Å². The van der Waals surface area contributed by atoms with E-state index in [9.17, 15) is 4.79 Å². The van der Waals surface area contributed by atoms with E-state index < -0.39 is 0 Å². The molecular weight excluding hydrogens is 434 g/mol. The molecule has 5 rings (SSSR count). The van der Waals surface area contributed by atoms with Crippen molar-refractivity contribution in [3.05, 3.63) is 90.3 Å². The Morgan fingerprint density at radius 1 is 0.971 bits per heavy atom. The Bertz CT molecular complexity index is 1060. The lowest BCUT2D eigenvalue weighted by Crippen LogP contribution is -2.63. The van der Waals surface area contributed by atoms with E-state index in [0.717, 1.165) is 51.2 Å². The van der Waals surface area contributed by atoms with Crippen molar-refractivity contribution < 1.29 is 9.53 Å². The van der Waals surface area contributed by atoms with Crippen LogP contribution in [0.4, 0.5) is 0 Å². The van der Waals surface area contributed by atoms with Gasteiger partial charge in [0.1, 0.15) is 0 Å². The van der Waals surface area contributed by atoms with E-state index in [1.165, 1.54) is 16.7 Å². The van der Waals surface area contributed by atoms with Crippen LogP contribution >= 0.6 is 0 Å². The second-order valence-electron chi connectivity index (χ2n) is 9.46. The molecule has 0 saturated carbocycles. The van der Waals surface area contributed by atoms with Crippen LogP contribution in [-0.4, -0.2) is 66.1 Å². The van der Waals surface area contributed by atoms with E-state index in [1.807, 2.05) is 29.2 Å². The molecule has 2 aromatic carbocycles. The Balaban J connectivity index is 0.000000189. The van der Waals surface area contributed by atoms with Gasteiger partial charge < -0.3 is 9.64 Å². The van der Waals surface area contributed by atoms with Crippen molar-refractivity contribution in [2.24, 2.45) is 0 Å². The molecule has 3 aromatic rings. The molecule has 35 heavy (non-hydrogen) atoms. The van der Waals surface area contributed by atoms with Crippen LogP contribution in [0.1, 0.15) is 30.5 Å². The molecule has 2 aliphatic heterocycles. The van der Waals surface area contributed by atoms with Gasteiger partial charge in [-0.1, -0.05) is 60.7 Å². The number of rotatable bonds is 5. The van der Waals surface area contributed by atoms with Gasteiger partial charge in [-0.05, 0) is 61.6 Å². The van der Waals surface area contributed by atoms with E-state index in [2.05, 4.69) is 65.3 Å². The first-order valence-corrected chi connectivity index (χ1v) is 12.7. The molecule has 2 fully saturated rings. The van der Waals surface area contributed by atoms with Crippen molar-refractivity contribution >= 4 is 5.91 Å². The number of aromatic nitrogens is 1. The number of nitrogens with zero attached hydrogens (tertiary/aromatic N) is 3. The number of aryl methyl sites for hydroxylation is 1. The quantitative estimate of drug-likeness (QED) is 0.526. The van der Waals surface area contributed by atoms with Crippen molar-refractivity contribution in [1.82, 2.24) is 14.8 Å². The predicted molar refractivity (Wildman–Crippen MR) is 141 cm³/mol. The first-order chi connectivity index (χ1) is 17.2. The summed E-state index contributed by atoms with van der Waals surface area (Å²) in [6, 6.07) is 25.7. The number of hydrogen-bond donors (Lipinski definition) is 0. The third-order valence-electron chi connectivity index (χ3n) is 7.01. The van der Waals surface area contributed by atoms with Gasteiger partial charge in [0.25, 0.3) is 0 Å². The zero-order valence-corrected chi connectivity index (χ0v) is 21.0. The van der Waals surface area contributed by atoms with Crippen molar-refractivity contribution in [2.75, 3.05) is 33.4 Å². The minimum Gasteiger partial charge on any atom is -0.383 e. The van der Waals surface area contributed by atoms with Gasteiger partial charge in [0.2, 0.25) is 5.91 Å². The summed E-state index contributed by atoms with van der Waals surface area (Å²) in [5.74, 6) is 0.204. The highest BCUT2D eigenvalue weighted by Gasteiger charge is 2.40. The third kappa shape index (κ3) is 6.77. The van der Waals surface area contributed by atoms with Gasteiger partial charge in [-0.15, -0.1) is 0 Å². The standard InChI is InChI=1S/C17H25N3O2.C13H12/c1-22-13-16-11-15-12-19(8-4-5-9-20(15)16)17(21)10-14-6-2-3-7-18-14;1-11-7-5-6-10-13(11)12-8-3-2-4-9-12/h2-3,6-7,15-16H,4-5,8-13H2,1H3;2-10H,1H3/t15-,16+;/m1./s1. The third-order valence-corrected chi connectivity index (χ3v) is 7.01. The summed E-state index contributed by atoms with van der Waals surface area (Å²) in [7, 11) is 1.76. The molecule has 3 heterocycles. The average molecular weight is 472 g/mol. The van der Waals surface area contributed by atoms with Gasteiger partial charge in [-0.3, -0.25) is 14.7 Å². The minimum absolute atomic E-state index is 0.204. The van der Waals surface area contributed by atoms with E-state index in [1.54, 1.807) is 13.3 Å². The summed E-state index contributed by atoms with van der Waals surface area (Å²) in [6.45, 7) is 5.82. The van der Waals surface area contributed by atoms with E-state index in [4.69, 9.17) is 4.74 Å². The Morgan fingerprint density at radius 3 is 2.46 bits per heavy atom. The molecule has 0 bridgehead atoms. The SMILES string of the molecule is COC[C@@H]1C[C@@H]2CN(C(=O)Cc3ccccn3)CCCCN12.Cc1ccccc1-c1ccccc1. The number of carbonyl (C=O) groups is 1. The second kappa shape index (κ2) is 12.6. The summed E-state index contributed by atoms with van der Waals surface area (Å²) >= 11 is 0. The van der Waals surface area contributed by atoms with Crippen molar-refractivity contribution in [3.63, 3.8) is 0 Å². The number of carbonyl (C=O) groups excluding carboxylic acids is 1. The number of amides is 1. The fourth-order valence-electron chi connectivity index (χ4n) is 5.10. The average Bonchev–Trinajstić information content (AvgIpc) is 2.87. The molecule has 1 aromatic heterocycles. The van der Waals surface area contributed by atoms with Crippen LogP contribution in [0.5, 0.6) is 0 Å². The first kappa shape index (κ1) is 25.1. The van der Waals surface area contributed by atoms with Crippen molar-refractivity contribution in [1.29, 1.82) is 0 Å². The van der Waals surface area contributed by atoms with Crippen molar-refractivity contribution in [2.45, 2.75) is 44.7 Å². The number of hydrogen-bond acceptors (Lipinski definition) is 4. The monoisotopic (exact) mass is 471 g/mol. The van der Waals surface area contributed by atoms with E-state index in [0.29, 0.717) is 18.5 Å². The van der Waals surface area contributed by atoms with Crippen LogP contribution in [0, 0.1) is 6.92 Å². The smallest absolute Gasteiger partial charge is 0.228 e. The van der Waals surface area contributed by atoms with Crippen molar-refractivity contribution in [3.8, 4) is 11.1 Å².